The number of hydrogen-bond donors (Lipinski definition) is 1. The molecule has 4 heteroatoms. The largest absolute Gasteiger partial charge is 0.478 e. The quantitative estimate of drug-likeness (QED) is 0.600. The van der Waals surface area contributed by atoms with E-state index in [-0.39, 0.29) is 11.3 Å². The van der Waals surface area contributed by atoms with Gasteiger partial charge in [0.05, 0.1) is 11.5 Å². The van der Waals surface area contributed by atoms with Gasteiger partial charge in [-0.05, 0) is 31.0 Å². The van der Waals surface area contributed by atoms with Crippen molar-refractivity contribution in [3.8, 4) is 0 Å². The first kappa shape index (κ1) is 12.1. The number of ketones is 1. The van der Waals surface area contributed by atoms with Crippen LogP contribution in [0.15, 0.2) is 24.3 Å². The van der Waals surface area contributed by atoms with Crippen molar-refractivity contribution in [2.75, 3.05) is 0 Å². The second-order valence-electron chi connectivity index (χ2n) is 3.56. The molecule has 0 saturated carbocycles. The fourth-order valence-corrected chi connectivity index (χ4v) is 1.32. The Balaban J connectivity index is 2.78. The lowest BCUT2D eigenvalue weighted by molar-refractivity contribution is -0.125. The molecule has 0 spiro atoms. The molecule has 0 aliphatic heterocycles. The summed E-state index contributed by atoms with van der Waals surface area (Å²) in [5, 5.41) is 8.68. The second-order valence-corrected chi connectivity index (χ2v) is 3.56. The van der Waals surface area contributed by atoms with Gasteiger partial charge in [0.1, 0.15) is 12.1 Å². The molecule has 1 unspecified atom stereocenters. The van der Waals surface area contributed by atoms with E-state index < -0.39 is 11.9 Å². The summed E-state index contributed by atoms with van der Waals surface area (Å²) in [5.74, 6) is -1.82. The fourth-order valence-electron chi connectivity index (χ4n) is 1.32. The predicted molar refractivity (Wildman–Crippen MR) is 57.3 cm³/mol. The van der Waals surface area contributed by atoms with Crippen molar-refractivity contribution in [2.45, 2.75) is 13.3 Å². The molecule has 1 rings (SSSR count). The molecule has 1 aromatic carbocycles. The Morgan fingerprint density at radius 1 is 1.31 bits per heavy atom. The molecule has 1 N–H and O–H groups in total. The van der Waals surface area contributed by atoms with Crippen LogP contribution in [0.5, 0.6) is 0 Å². The summed E-state index contributed by atoms with van der Waals surface area (Å²) in [6.45, 7) is 1.37. The number of hydrogen-bond acceptors (Lipinski definition) is 3. The number of rotatable bonds is 5. The summed E-state index contributed by atoms with van der Waals surface area (Å²) in [4.78, 5) is 32.2. The third-order valence-corrected chi connectivity index (χ3v) is 2.34. The van der Waals surface area contributed by atoms with Crippen LogP contribution in [-0.2, 0) is 16.0 Å². The molecule has 4 nitrogen and oxygen atoms in total. The molecular formula is C12H12O4. The molecule has 16 heavy (non-hydrogen) atoms. The van der Waals surface area contributed by atoms with Crippen LogP contribution in [0.4, 0.5) is 0 Å². The van der Waals surface area contributed by atoms with Crippen molar-refractivity contribution in [3.63, 3.8) is 0 Å². The maximum atomic E-state index is 11.0. The van der Waals surface area contributed by atoms with Crippen molar-refractivity contribution in [3.05, 3.63) is 35.4 Å². The molecule has 0 bridgehead atoms. The van der Waals surface area contributed by atoms with Crippen LogP contribution in [-0.4, -0.2) is 23.1 Å². The van der Waals surface area contributed by atoms with Crippen LogP contribution in [0.1, 0.15) is 22.8 Å². The molecule has 1 aromatic rings. The summed E-state index contributed by atoms with van der Waals surface area (Å²) in [5.41, 5.74) is 0.964. The average Bonchev–Trinajstić information content (AvgIpc) is 2.26. The summed E-state index contributed by atoms with van der Waals surface area (Å²) < 4.78 is 0. The molecule has 0 amide bonds. The highest BCUT2D eigenvalue weighted by atomic mass is 16.4. The van der Waals surface area contributed by atoms with Crippen LogP contribution in [0.25, 0.3) is 0 Å². The van der Waals surface area contributed by atoms with Crippen LogP contribution in [0, 0.1) is 5.92 Å². The van der Waals surface area contributed by atoms with Gasteiger partial charge in [-0.25, -0.2) is 4.79 Å². The lowest BCUT2D eigenvalue weighted by Gasteiger charge is -2.06. The Hall–Kier alpha value is -1.97. The molecule has 0 heterocycles. The Morgan fingerprint density at radius 3 is 2.25 bits per heavy atom. The maximum Gasteiger partial charge on any atom is 0.335 e. The third-order valence-electron chi connectivity index (χ3n) is 2.34. The first-order valence-corrected chi connectivity index (χ1v) is 4.82. The number of carbonyl (C=O) groups excluding carboxylic acids is 2. The van der Waals surface area contributed by atoms with E-state index in [4.69, 9.17) is 5.11 Å². The number of carboxylic acids is 1. The zero-order chi connectivity index (χ0) is 12.1. The number of Topliss-reactive ketones (excluding diaryl/α,β-unsaturated/α-hetero) is 1. The highest BCUT2D eigenvalue weighted by Gasteiger charge is 2.13. The fraction of sp³-hybridized carbons (Fsp3) is 0.250. The van der Waals surface area contributed by atoms with Crippen molar-refractivity contribution in [1.82, 2.24) is 0 Å². The highest BCUT2D eigenvalue weighted by molar-refractivity contribution is 5.91. The van der Waals surface area contributed by atoms with E-state index in [1.165, 1.54) is 19.1 Å². The maximum absolute atomic E-state index is 11.0. The standard InChI is InChI=1S/C12H12O4/c1-8(14)11(7-13)6-9-2-4-10(5-3-9)12(15)16/h2-5,7,11H,6H2,1H3,(H,15,16). The Labute approximate surface area is 92.9 Å². The summed E-state index contributed by atoms with van der Waals surface area (Å²) in [6, 6.07) is 6.14. The van der Waals surface area contributed by atoms with E-state index in [1.807, 2.05) is 0 Å². The molecule has 0 radical (unpaired) electrons. The van der Waals surface area contributed by atoms with Gasteiger partial charge in [-0.2, -0.15) is 0 Å². The molecule has 0 aromatic heterocycles. The van der Waals surface area contributed by atoms with Crippen molar-refractivity contribution in [2.24, 2.45) is 5.92 Å². The van der Waals surface area contributed by atoms with Gasteiger partial charge < -0.3 is 9.90 Å². The Morgan fingerprint density at radius 2 is 1.88 bits per heavy atom. The van der Waals surface area contributed by atoms with E-state index in [9.17, 15) is 14.4 Å². The molecule has 84 valence electrons. The second kappa shape index (κ2) is 5.21. The lowest BCUT2D eigenvalue weighted by atomic mass is 9.97. The van der Waals surface area contributed by atoms with Gasteiger partial charge in [0.25, 0.3) is 0 Å². The van der Waals surface area contributed by atoms with Gasteiger partial charge in [-0.15, -0.1) is 0 Å². The van der Waals surface area contributed by atoms with Crippen LogP contribution < -0.4 is 0 Å². The summed E-state index contributed by atoms with van der Waals surface area (Å²) in [6.07, 6.45) is 0.937. The highest BCUT2D eigenvalue weighted by Crippen LogP contribution is 2.10. The van der Waals surface area contributed by atoms with Gasteiger partial charge in [0.15, 0.2) is 0 Å². The van der Waals surface area contributed by atoms with Gasteiger partial charge in [-0.1, -0.05) is 12.1 Å². The Kier molecular flexibility index (Phi) is 3.94. The smallest absolute Gasteiger partial charge is 0.335 e. The zero-order valence-electron chi connectivity index (χ0n) is 8.84. The van der Waals surface area contributed by atoms with Crippen LogP contribution >= 0.6 is 0 Å². The minimum atomic E-state index is -0.995. The van der Waals surface area contributed by atoms with E-state index >= 15 is 0 Å². The van der Waals surface area contributed by atoms with Crippen LogP contribution in [0.2, 0.25) is 0 Å². The van der Waals surface area contributed by atoms with E-state index in [2.05, 4.69) is 0 Å². The number of aldehydes is 1. The SMILES string of the molecule is CC(=O)C(C=O)Cc1ccc(C(=O)O)cc1. The topological polar surface area (TPSA) is 71.4 Å². The van der Waals surface area contributed by atoms with Gasteiger partial charge in [0, 0.05) is 0 Å². The first-order valence-electron chi connectivity index (χ1n) is 4.82. The number of benzene rings is 1. The molecule has 1 atom stereocenters. The van der Waals surface area contributed by atoms with Gasteiger partial charge in [-0.3, -0.25) is 4.79 Å². The average molecular weight is 220 g/mol. The van der Waals surface area contributed by atoms with E-state index in [0.29, 0.717) is 12.7 Å². The van der Waals surface area contributed by atoms with Crippen molar-refractivity contribution < 1.29 is 19.5 Å². The number of aromatic carboxylic acids is 1. The van der Waals surface area contributed by atoms with Crippen LogP contribution in [0.3, 0.4) is 0 Å². The summed E-state index contributed by atoms with van der Waals surface area (Å²) >= 11 is 0. The molecule has 0 saturated heterocycles. The number of carboxylic acid groups (broad SMARTS) is 1. The lowest BCUT2D eigenvalue weighted by Crippen LogP contribution is -2.15. The first-order chi connectivity index (χ1) is 7.54. The molecule has 0 aliphatic carbocycles. The molecular weight excluding hydrogens is 208 g/mol. The number of carbonyl (C=O) groups is 3. The molecule has 0 fully saturated rings. The van der Waals surface area contributed by atoms with E-state index in [0.717, 1.165) is 5.56 Å². The van der Waals surface area contributed by atoms with E-state index in [1.54, 1.807) is 12.1 Å². The monoisotopic (exact) mass is 220 g/mol. The summed E-state index contributed by atoms with van der Waals surface area (Å²) in [7, 11) is 0. The van der Waals surface area contributed by atoms with Crippen molar-refractivity contribution >= 4 is 18.0 Å². The Bertz CT molecular complexity index is 406. The van der Waals surface area contributed by atoms with Gasteiger partial charge in [0.2, 0.25) is 0 Å². The zero-order valence-corrected chi connectivity index (χ0v) is 8.84. The normalized spacial score (nSPS) is 11.8. The minimum Gasteiger partial charge on any atom is -0.478 e. The minimum absolute atomic E-state index is 0.183. The molecule has 0 aliphatic rings. The van der Waals surface area contributed by atoms with Gasteiger partial charge >= 0.3 is 5.97 Å². The third kappa shape index (κ3) is 3.02. The van der Waals surface area contributed by atoms with Crippen molar-refractivity contribution in [1.29, 1.82) is 0 Å². The predicted octanol–water partition coefficient (Wildman–Crippen LogP) is 1.33.